The molecule has 0 atom stereocenters. The lowest BCUT2D eigenvalue weighted by atomic mass is 9.96. The highest BCUT2D eigenvalue weighted by Crippen LogP contribution is 2.30. The van der Waals surface area contributed by atoms with Crippen LogP contribution >= 0.6 is 0 Å². The van der Waals surface area contributed by atoms with E-state index in [2.05, 4.69) is 58.4 Å². The number of carbonyl (C=O) groups excluding carboxylic acids is 1. The van der Waals surface area contributed by atoms with E-state index in [4.69, 9.17) is 0 Å². The van der Waals surface area contributed by atoms with Crippen molar-refractivity contribution >= 4 is 15.9 Å². The molecule has 0 unspecified atom stereocenters. The Morgan fingerprint density at radius 2 is 1.34 bits per heavy atom. The summed E-state index contributed by atoms with van der Waals surface area (Å²) in [6.45, 7) is 3.73. The first-order valence-corrected chi connectivity index (χ1v) is 13.8. The molecule has 184 valence electrons. The summed E-state index contributed by atoms with van der Waals surface area (Å²) in [5.74, 6) is -0.152. The second-order valence-corrected chi connectivity index (χ2v) is 11.2. The largest absolute Gasteiger partial charge is 0.356 e. The van der Waals surface area contributed by atoms with Gasteiger partial charge >= 0.3 is 0 Å². The molecule has 3 aromatic rings. The van der Waals surface area contributed by atoms with Crippen LogP contribution in [0.5, 0.6) is 0 Å². The smallest absolute Gasteiger partial charge is 0.270 e. The lowest BCUT2D eigenvalue weighted by Crippen LogP contribution is -2.50. The van der Waals surface area contributed by atoms with Crippen molar-refractivity contribution in [2.75, 3.05) is 39.3 Å². The number of benzene rings is 2. The van der Waals surface area contributed by atoms with Gasteiger partial charge in [0.25, 0.3) is 5.91 Å². The van der Waals surface area contributed by atoms with Crippen molar-refractivity contribution in [2.24, 2.45) is 0 Å². The third-order valence-electron chi connectivity index (χ3n) is 7.04. The van der Waals surface area contributed by atoms with Crippen LogP contribution in [0.4, 0.5) is 0 Å². The Morgan fingerprint density at radius 3 is 1.91 bits per heavy atom. The number of nitrogens with one attached hydrogen (secondary N) is 1. The van der Waals surface area contributed by atoms with Gasteiger partial charge in [-0.15, -0.1) is 0 Å². The van der Waals surface area contributed by atoms with Gasteiger partial charge in [-0.25, -0.2) is 8.42 Å². The number of nitrogens with zero attached hydrogens (tertiary/aromatic N) is 3. The summed E-state index contributed by atoms with van der Waals surface area (Å²) in [6, 6.07) is 22.5. The zero-order valence-electron chi connectivity index (χ0n) is 19.8. The molecule has 8 heteroatoms. The summed E-state index contributed by atoms with van der Waals surface area (Å²) >= 11 is 0. The average Bonchev–Trinajstić information content (AvgIpc) is 3.42. The highest BCUT2D eigenvalue weighted by molar-refractivity contribution is 7.89. The topological polar surface area (TPSA) is 76.7 Å². The van der Waals surface area contributed by atoms with Crippen LogP contribution in [0, 0.1) is 0 Å². The van der Waals surface area contributed by atoms with Gasteiger partial charge in [0.1, 0.15) is 10.6 Å². The van der Waals surface area contributed by atoms with Crippen molar-refractivity contribution in [1.82, 2.24) is 19.1 Å². The number of H-pyrrole nitrogens is 1. The van der Waals surface area contributed by atoms with E-state index in [0.29, 0.717) is 31.9 Å². The molecule has 0 radical (unpaired) electrons. The van der Waals surface area contributed by atoms with Crippen LogP contribution in [0.3, 0.4) is 0 Å². The molecule has 1 amide bonds. The molecular formula is C27H32N4O3S. The number of piperazine rings is 1. The number of carbonyl (C=O) groups is 1. The first kappa shape index (κ1) is 23.8. The summed E-state index contributed by atoms with van der Waals surface area (Å²) < 4.78 is 27.5. The van der Waals surface area contributed by atoms with Gasteiger partial charge < -0.3 is 9.88 Å². The van der Waals surface area contributed by atoms with Gasteiger partial charge in [-0.1, -0.05) is 67.1 Å². The molecule has 3 heterocycles. The van der Waals surface area contributed by atoms with E-state index in [-0.39, 0.29) is 16.8 Å². The predicted molar refractivity (Wildman–Crippen MR) is 136 cm³/mol. The molecule has 2 aromatic carbocycles. The molecule has 1 N–H and O–H groups in total. The minimum absolute atomic E-state index is 0.126. The van der Waals surface area contributed by atoms with E-state index < -0.39 is 10.0 Å². The third-order valence-corrected chi connectivity index (χ3v) is 8.91. The van der Waals surface area contributed by atoms with Crippen LogP contribution in [0.2, 0.25) is 0 Å². The van der Waals surface area contributed by atoms with Gasteiger partial charge in [0, 0.05) is 45.5 Å². The van der Waals surface area contributed by atoms with Crippen LogP contribution in [0.1, 0.15) is 46.9 Å². The maximum atomic E-state index is 13.2. The normalized spacial score (nSPS) is 18.1. The summed E-state index contributed by atoms with van der Waals surface area (Å²) in [4.78, 5) is 20.5. The van der Waals surface area contributed by atoms with E-state index in [9.17, 15) is 13.2 Å². The fraction of sp³-hybridized carbons (Fsp3) is 0.370. The van der Waals surface area contributed by atoms with Crippen molar-refractivity contribution in [3.8, 4) is 0 Å². The Morgan fingerprint density at radius 1 is 0.771 bits per heavy atom. The fourth-order valence-corrected chi connectivity index (χ4v) is 6.65. The molecular weight excluding hydrogens is 460 g/mol. The number of rotatable bonds is 6. The van der Waals surface area contributed by atoms with E-state index >= 15 is 0 Å². The standard InChI is InChI=1S/C27H32N4O3S/c32-27(25-20-24(21-28-25)35(33,34)31-14-8-3-9-15-31)30-18-16-29(17-19-30)26(22-10-4-1-5-11-22)23-12-6-2-7-13-23/h1-2,4-7,10-13,20-21,26,28H,3,8-9,14-19H2. The van der Waals surface area contributed by atoms with Gasteiger partial charge in [0.05, 0.1) is 6.04 Å². The van der Waals surface area contributed by atoms with Crippen molar-refractivity contribution < 1.29 is 13.2 Å². The number of sulfonamides is 1. The van der Waals surface area contributed by atoms with Crippen LogP contribution in [0.25, 0.3) is 0 Å². The first-order valence-electron chi connectivity index (χ1n) is 12.4. The van der Waals surface area contributed by atoms with E-state index in [1.165, 1.54) is 27.7 Å². The van der Waals surface area contributed by atoms with E-state index in [1.807, 2.05) is 17.0 Å². The molecule has 2 saturated heterocycles. The van der Waals surface area contributed by atoms with Gasteiger partial charge in [-0.3, -0.25) is 9.69 Å². The van der Waals surface area contributed by atoms with Crippen LogP contribution in [-0.4, -0.2) is 72.7 Å². The molecule has 1 aromatic heterocycles. The average molecular weight is 493 g/mol. The Bertz CT molecular complexity index is 1190. The minimum Gasteiger partial charge on any atom is -0.356 e. The Balaban J connectivity index is 1.27. The lowest BCUT2D eigenvalue weighted by Gasteiger charge is -2.39. The number of aromatic amines is 1. The Kier molecular flexibility index (Phi) is 7.04. The molecule has 7 nitrogen and oxygen atoms in total. The second-order valence-electron chi connectivity index (χ2n) is 9.27. The molecule has 0 spiro atoms. The first-order chi connectivity index (χ1) is 17.0. The summed E-state index contributed by atoms with van der Waals surface area (Å²) in [7, 11) is -3.56. The highest BCUT2D eigenvalue weighted by atomic mass is 32.2. The van der Waals surface area contributed by atoms with Crippen LogP contribution in [0.15, 0.2) is 77.8 Å². The molecule has 2 aliphatic rings. The van der Waals surface area contributed by atoms with E-state index in [0.717, 1.165) is 32.4 Å². The molecule has 35 heavy (non-hydrogen) atoms. The summed E-state index contributed by atoms with van der Waals surface area (Å²) in [5.41, 5.74) is 2.79. The fourth-order valence-electron chi connectivity index (χ4n) is 5.14. The number of aromatic nitrogens is 1. The van der Waals surface area contributed by atoms with Crippen molar-refractivity contribution in [3.05, 3.63) is 89.7 Å². The molecule has 5 rings (SSSR count). The molecule has 0 aliphatic carbocycles. The maximum absolute atomic E-state index is 13.2. The lowest BCUT2D eigenvalue weighted by molar-refractivity contribution is 0.0592. The van der Waals surface area contributed by atoms with Gasteiger partial charge in [0.2, 0.25) is 10.0 Å². The SMILES string of the molecule is O=C(c1cc(S(=O)(=O)N2CCCCC2)c[nH]1)N1CCN(C(c2ccccc2)c2ccccc2)CC1. The highest BCUT2D eigenvalue weighted by Gasteiger charge is 2.31. The van der Waals surface area contributed by atoms with Crippen molar-refractivity contribution in [2.45, 2.75) is 30.2 Å². The number of hydrogen-bond acceptors (Lipinski definition) is 4. The van der Waals surface area contributed by atoms with Crippen molar-refractivity contribution in [1.29, 1.82) is 0 Å². The number of hydrogen-bond donors (Lipinski definition) is 1. The summed E-state index contributed by atoms with van der Waals surface area (Å²) in [6.07, 6.45) is 4.28. The molecule has 0 bridgehead atoms. The van der Waals surface area contributed by atoms with Crippen LogP contribution in [-0.2, 0) is 10.0 Å². The van der Waals surface area contributed by atoms with Gasteiger partial charge in [0.15, 0.2) is 0 Å². The monoisotopic (exact) mass is 492 g/mol. The van der Waals surface area contributed by atoms with Gasteiger partial charge in [-0.2, -0.15) is 4.31 Å². The Hall–Kier alpha value is -2.94. The van der Waals surface area contributed by atoms with Gasteiger partial charge in [-0.05, 0) is 30.0 Å². The number of piperidine rings is 1. The Labute approximate surface area is 207 Å². The zero-order valence-corrected chi connectivity index (χ0v) is 20.7. The molecule has 2 fully saturated rings. The molecule has 2 aliphatic heterocycles. The van der Waals surface area contributed by atoms with Crippen LogP contribution < -0.4 is 0 Å². The van der Waals surface area contributed by atoms with E-state index in [1.54, 1.807) is 0 Å². The zero-order chi connectivity index (χ0) is 24.3. The molecule has 0 saturated carbocycles. The third kappa shape index (κ3) is 5.05. The minimum atomic E-state index is -3.56. The summed E-state index contributed by atoms with van der Waals surface area (Å²) in [5, 5.41) is 0. The predicted octanol–water partition coefficient (Wildman–Crippen LogP) is 3.74. The quantitative estimate of drug-likeness (QED) is 0.569. The second kappa shape index (κ2) is 10.4. The maximum Gasteiger partial charge on any atom is 0.270 e. The van der Waals surface area contributed by atoms with Crippen molar-refractivity contribution in [3.63, 3.8) is 0 Å². The number of amides is 1.